The lowest BCUT2D eigenvalue weighted by molar-refractivity contribution is -0.0994. The Bertz CT molecular complexity index is 125. The zero-order valence-electron chi connectivity index (χ0n) is 6.76. The largest absolute Gasteiger partial charge is 0.302 e. The normalized spacial score (nSPS) is 17.3. The van der Waals surface area contributed by atoms with Crippen molar-refractivity contribution in [1.29, 1.82) is 0 Å². The fraction of sp³-hybridized carbons (Fsp3) is 0.750. The molecule has 0 amide bonds. The summed E-state index contributed by atoms with van der Waals surface area (Å²) >= 11 is 0. The van der Waals surface area contributed by atoms with Crippen LogP contribution in [0.2, 0.25) is 0 Å². The molecule has 0 aromatic carbocycles. The van der Waals surface area contributed by atoms with Gasteiger partial charge in [-0.15, -0.1) is 0 Å². The molecule has 0 aliphatic heterocycles. The van der Waals surface area contributed by atoms with Gasteiger partial charge < -0.3 is 4.84 Å². The van der Waals surface area contributed by atoms with Crippen LogP contribution in [-0.4, -0.2) is 25.8 Å². The molecule has 58 valence electrons. The van der Waals surface area contributed by atoms with E-state index in [0.717, 1.165) is 6.54 Å². The van der Waals surface area contributed by atoms with Gasteiger partial charge in [-0.3, -0.25) is 0 Å². The summed E-state index contributed by atoms with van der Waals surface area (Å²) in [6.45, 7) is 0.922. The molecule has 2 heteroatoms. The third-order valence-electron chi connectivity index (χ3n) is 1.94. The second-order valence-corrected chi connectivity index (χ2v) is 2.71. The molecule has 0 spiro atoms. The van der Waals surface area contributed by atoms with Gasteiger partial charge in [0, 0.05) is 13.6 Å². The molecular weight excluding hydrogens is 126 g/mol. The Morgan fingerprint density at radius 3 is 2.70 bits per heavy atom. The van der Waals surface area contributed by atoms with Crippen molar-refractivity contribution in [2.45, 2.75) is 19.3 Å². The minimum Gasteiger partial charge on any atom is -0.302 e. The first-order valence-electron chi connectivity index (χ1n) is 3.76. The maximum absolute atomic E-state index is 4.96. The highest BCUT2D eigenvalue weighted by atomic mass is 16.7. The fourth-order valence-electron chi connectivity index (χ4n) is 0.917. The molecule has 1 fully saturated rings. The Balaban J connectivity index is 2.13. The lowest BCUT2D eigenvalue weighted by Crippen LogP contribution is -2.17. The molecule has 0 aromatic rings. The Morgan fingerprint density at radius 2 is 2.30 bits per heavy atom. The highest BCUT2D eigenvalue weighted by Crippen LogP contribution is 2.24. The molecule has 0 saturated heterocycles. The SMILES string of the molecule is CON(C)CC=C1CCC1. The van der Waals surface area contributed by atoms with Crippen molar-refractivity contribution in [3.8, 4) is 0 Å². The average molecular weight is 141 g/mol. The van der Waals surface area contributed by atoms with Crippen molar-refractivity contribution >= 4 is 0 Å². The molecule has 2 nitrogen and oxygen atoms in total. The van der Waals surface area contributed by atoms with Crippen LogP contribution in [-0.2, 0) is 4.84 Å². The smallest absolute Gasteiger partial charge is 0.0575 e. The molecule has 0 unspecified atom stereocenters. The number of rotatable bonds is 3. The van der Waals surface area contributed by atoms with Gasteiger partial charge in [0.25, 0.3) is 0 Å². The number of allylic oxidation sites excluding steroid dienone is 1. The second-order valence-electron chi connectivity index (χ2n) is 2.71. The maximum Gasteiger partial charge on any atom is 0.0575 e. The Kier molecular flexibility index (Phi) is 2.90. The minimum absolute atomic E-state index is 0.922. The van der Waals surface area contributed by atoms with Crippen LogP contribution in [0.3, 0.4) is 0 Å². The number of hydroxylamine groups is 2. The summed E-state index contributed by atoms with van der Waals surface area (Å²) in [6.07, 6.45) is 6.24. The van der Waals surface area contributed by atoms with Crippen molar-refractivity contribution in [3.05, 3.63) is 11.6 Å². The van der Waals surface area contributed by atoms with Crippen molar-refractivity contribution in [3.63, 3.8) is 0 Å². The van der Waals surface area contributed by atoms with Crippen molar-refractivity contribution in [2.75, 3.05) is 20.7 Å². The zero-order chi connectivity index (χ0) is 7.40. The van der Waals surface area contributed by atoms with Crippen molar-refractivity contribution in [2.24, 2.45) is 0 Å². The van der Waals surface area contributed by atoms with Crippen LogP contribution in [0.5, 0.6) is 0 Å². The van der Waals surface area contributed by atoms with E-state index >= 15 is 0 Å². The van der Waals surface area contributed by atoms with Gasteiger partial charge in [-0.1, -0.05) is 11.6 Å². The van der Waals surface area contributed by atoms with E-state index in [1.54, 1.807) is 12.7 Å². The van der Waals surface area contributed by atoms with Gasteiger partial charge in [0.1, 0.15) is 0 Å². The quantitative estimate of drug-likeness (QED) is 0.437. The standard InChI is InChI=1S/C8H15NO/c1-9(10-2)7-6-8-4-3-5-8/h6H,3-5,7H2,1-2H3. The third-order valence-corrected chi connectivity index (χ3v) is 1.94. The summed E-state index contributed by atoms with van der Waals surface area (Å²) in [5.41, 5.74) is 1.59. The molecule has 0 radical (unpaired) electrons. The van der Waals surface area contributed by atoms with Gasteiger partial charge in [-0.25, -0.2) is 0 Å². The highest BCUT2D eigenvalue weighted by molar-refractivity contribution is 5.09. The Hall–Kier alpha value is -0.340. The van der Waals surface area contributed by atoms with Crippen molar-refractivity contribution in [1.82, 2.24) is 5.06 Å². The van der Waals surface area contributed by atoms with Crippen LogP contribution in [0.25, 0.3) is 0 Å². The van der Waals surface area contributed by atoms with Gasteiger partial charge in [0.15, 0.2) is 0 Å². The topological polar surface area (TPSA) is 12.5 Å². The summed E-state index contributed by atoms with van der Waals surface area (Å²) in [4.78, 5) is 4.96. The van der Waals surface area contributed by atoms with Crippen LogP contribution in [0.4, 0.5) is 0 Å². The van der Waals surface area contributed by atoms with Crippen LogP contribution in [0.1, 0.15) is 19.3 Å². The van der Waals surface area contributed by atoms with Crippen LogP contribution >= 0.6 is 0 Å². The Labute approximate surface area is 62.4 Å². The molecule has 10 heavy (non-hydrogen) atoms. The third kappa shape index (κ3) is 2.12. The lowest BCUT2D eigenvalue weighted by atomic mass is 9.92. The Morgan fingerprint density at radius 1 is 1.60 bits per heavy atom. The number of nitrogens with zero attached hydrogens (tertiary/aromatic N) is 1. The van der Waals surface area contributed by atoms with Gasteiger partial charge in [-0.2, -0.15) is 5.06 Å². The van der Waals surface area contributed by atoms with Crippen LogP contribution in [0, 0.1) is 0 Å². The van der Waals surface area contributed by atoms with E-state index in [9.17, 15) is 0 Å². The molecule has 0 heterocycles. The summed E-state index contributed by atoms with van der Waals surface area (Å²) < 4.78 is 0. The predicted molar refractivity (Wildman–Crippen MR) is 41.6 cm³/mol. The monoisotopic (exact) mass is 141 g/mol. The molecule has 1 rings (SSSR count). The van der Waals surface area contributed by atoms with Crippen LogP contribution < -0.4 is 0 Å². The van der Waals surface area contributed by atoms with Gasteiger partial charge in [0.05, 0.1) is 7.11 Å². The number of hydrogen-bond acceptors (Lipinski definition) is 2. The summed E-state index contributed by atoms with van der Waals surface area (Å²) in [5, 5.41) is 1.82. The van der Waals surface area contributed by atoms with E-state index in [1.807, 2.05) is 12.1 Å². The van der Waals surface area contributed by atoms with Gasteiger partial charge >= 0.3 is 0 Å². The van der Waals surface area contributed by atoms with E-state index in [0.29, 0.717) is 0 Å². The molecule has 1 aliphatic carbocycles. The molecule has 0 bridgehead atoms. The summed E-state index contributed by atoms with van der Waals surface area (Å²) in [6, 6.07) is 0. The first kappa shape index (κ1) is 7.76. The molecular formula is C8H15NO. The lowest BCUT2D eigenvalue weighted by Gasteiger charge is -2.18. The minimum atomic E-state index is 0.922. The van der Waals surface area contributed by atoms with Crippen molar-refractivity contribution < 1.29 is 4.84 Å². The average Bonchev–Trinajstić information content (AvgIpc) is 1.84. The first-order valence-corrected chi connectivity index (χ1v) is 3.76. The summed E-state index contributed by atoms with van der Waals surface area (Å²) in [5.74, 6) is 0. The fourth-order valence-corrected chi connectivity index (χ4v) is 0.917. The van der Waals surface area contributed by atoms with Crippen LogP contribution in [0.15, 0.2) is 11.6 Å². The summed E-state index contributed by atoms with van der Waals surface area (Å²) in [7, 11) is 3.63. The van der Waals surface area contributed by atoms with E-state index in [4.69, 9.17) is 4.84 Å². The highest BCUT2D eigenvalue weighted by Gasteiger charge is 2.07. The molecule has 1 saturated carbocycles. The molecule has 0 aromatic heterocycles. The van der Waals surface area contributed by atoms with E-state index in [-0.39, 0.29) is 0 Å². The maximum atomic E-state index is 4.96. The van der Waals surface area contributed by atoms with E-state index in [2.05, 4.69) is 6.08 Å². The van der Waals surface area contributed by atoms with E-state index < -0.39 is 0 Å². The molecule has 0 atom stereocenters. The number of likely N-dealkylation sites (N-methyl/N-ethyl adjacent to an activating group) is 1. The second kappa shape index (κ2) is 3.74. The first-order chi connectivity index (χ1) is 4.83. The molecule has 0 N–H and O–H groups in total. The van der Waals surface area contributed by atoms with E-state index in [1.165, 1.54) is 19.3 Å². The number of hydrogen-bond donors (Lipinski definition) is 0. The van der Waals surface area contributed by atoms with Gasteiger partial charge in [0.2, 0.25) is 0 Å². The molecule has 1 aliphatic rings. The predicted octanol–water partition coefficient (Wildman–Crippen LogP) is 1.59. The van der Waals surface area contributed by atoms with Gasteiger partial charge in [-0.05, 0) is 19.3 Å². The zero-order valence-corrected chi connectivity index (χ0v) is 6.76.